The van der Waals surface area contributed by atoms with Crippen LogP contribution in [0.15, 0.2) is 24.3 Å². The quantitative estimate of drug-likeness (QED) is 0.702. The van der Waals surface area contributed by atoms with Crippen molar-refractivity contribution in [1.82, 2.24) is 10.2 Å². The van der Waals surface area contributed by atoms with Crippen molar-refractivity contribution in [2.45, 2.75) is 38.5 Å². The second-order valence-corrected chi connectivity index (χ2v) is 7.50. The largest absolute Gasteiger partial charge is 0.469 e. The number of anilines is 1. The van der Waals surface area contributed by atoms with Gasteiger partial charge in [0.25, 0.3) is 0 Å². The second-order valence-electron chi connectivity index (χ2n) is 7.50. The van der Waals surface area contributed by atoms with E-state index in [4.69, 9.17) is 0 Å². The molecule has 0 spiro atoms. The van der Waals surface area contributed by atoms with E-state index < -0.39 is 0 Å². The number of halogens is 1. The Kier molecular flexibility index (Phi) is 9.06. The lowest BCUT2D eigenvalue weighted by molar-refractivity contribution is -0.140. The molecule has 156 valence electrons. The van der Waals surface area contributed by atoms with Crippen LogP contribution in [0.25, 0.3) is 0 Å². The van der Waals surface area contributed by atoms with Gasteiger partial charge in [-0.1, -0.05) is 12.1 Å². The molecule has 0 radical (unpaired) electrons. The molecule has 0 bridgehead atoms. The van der Waals surface area contributed by atoms with Crippen molar-refractivity contribution < 1.29 is 14.3 Å². The van der Waals surface area contributed by atoms with Crippen molar-refractivity contribution in [3.05, 3.63) is 29.8 Å². The first-order valence-electron chi connectivity index (χ1n) is 10.1. The van der Waals surface area contributed by atoms with Crippen LogP contribution in [0, 0.1) is 5.92 Å². The summed E-state index contributed by atoms with van der Waals surface area (Å²) in [6, 6.07) is 8.05. The van der Waals surface area contributed by atoms with Gasteiger partial charge in [0.05, 0.1) is 7.11 Å². The first-order valence-corrected chi connectivity index (χ1v) is 10.1. The van der Waals surface area contributed by atoms with Gasteiger partial charge in [-0.25, -0.2) is 4.79 Å². The van der Waals surface area contributed by atoms with Gasteiger partial charge in [-0.15, -0.1) is 12.4 Å². The number of benzene rings is 1. The van der Waals surface area contributed by atoms with Crippen LogP contribution in [0.4, 0.5) is 10.5 Å². The maximum atomic E-state index is 12.8. The van der Waals surface area contributed by atoms with E-state index in [2.05, 4.69) is 10.1 Å². The van der Waals surface area contributed by atoms with Crippen LogP contribution in [-0.2, 0) is 16.0 Å². The van der Waals surface area contributed by atoms with E-state index in [0.29, 0.717) is 12.8 Å². The van der Waals surface area contributed by atoms with Crippen LogP contribution in [0.3, 0.4) is 0 Å². The number of nitrogens with zero attached hydrogens (tertiary/aromatic N) is 2. The van der Waals surface area contributed by atoms with Gasteiger partial charge < -0.3 is 15.0 Å². The highest BCUT2D eigenvalue weighted by Crippen LogP contribution is 2.23. The van der Waals surface area contributed by atoms with Gasteiger partial charge in [-0.3, -0.25) is 9.69 Å². The predicted molar refractivity (Wildman–Crippen MR) is 113 cm³/mol. The number of carbonyl (C=O) groups excluding carboxylic acids is 2. The lowest BCUT2D eigenvalue weighted by Gasteiger charge is -2.21. The van der Waals surface area contributed by atoms with E-state index in [1.54, 1.807) is 0 Å². The van der Waals surface area contributed by atoms with Gasteiger partial charge >= 0.3 is 12.0 Å². The number of esters is 1. The molecule has 2 amide bonds. The Morgan fingerprint density at radius 1 is 1.18 bits per heavy atom. The van der Waals surface area contributed by atoms with Crippen molar-refractivity contribution in [1.29, 1.82) is 0 Å². The summed E-state index contributed by atoms with van der Waals surface area (Å²) in [6.07, 6.45) is 5.87. The molecule has 3 rings (SSSR count). The van der Waals surface area contributed by atoms with Crippen LogP contribution in [0.2, 0.25) is 0 Å². The average Bonchev–Trinajstić information content (AvgIpc) is 2.89. The van der Waals surface area contributed by atoms with Crippen molar-refractivity contribution in [3.8, 4) is 0 Å². The highest BCUT2D eigenvalue weighted by Gasteiger charge is 2.29. The zero-order valence-corrected chi connectivity index (χ0v) is 17.5. The number of hydrogen-bond donors (Lipinski definition) is 1. The first kappa shape index (κ1) is 22.5. The number of rotatable bonds is 7. The van der Waals surface area contributed by atoms with Crippen LogP contribution in [-0.4, -0.2) is 56.7 Å². The Hall–Kier alpha value is -1.79. The molecule has 1 N–H and O–H groups in total. The van der Waals surface area contributed by atoms with E-state index in [-0.39, 0.29) is 24.4 Å². The fraction of sp³-hybridized carbons (Fsp3) is 0.619. The Labute approximate surface area is 174 Å². The summed E-state index contributed by atoms with van der Waals surface area (Å²) in [5.41, 5.74) is 2.01. The number of hydrogen-bond acceptors (Lipinski definition) is 4. The Balaban J connectivity index is 0.00000280. The Morgan fingerprint density at radius 2 is 1.96 bits per heavy atom. The van der Waals surface area contributed by atoms with Gasteiger partial charge in [-0.05, 0) is 68.8 Å². The van der Waals surface area contributed by atoms with Crippen molar-refractivity contribution in [2.24, 2.45) is 5.92 Å². The molecule has 6 nitrogen and oxygen atoms in total. The third-order valence-corrected chi connectivity index (χ3v) is 5.69. The maximum Gasteiger partial charge on any atom is 0.324 e. The number of urea groups is 1. The van der Waals surface area contributed by atoms with E-state index >= 15 is 0 Å². The minimum atomic E-state index is -0.200. The molecule has 28 heavy (non-hydrogen) atoms. The van der Waals surface area contributed by atoms with E-state index in [1.807, 2.05) is 34.1 Å². The van der Waals surface area contributed by atoms with Crippen LogP contribution in [0.5, 0.6) is 0 Å². The fourth-order valence-corrected chi connectivity index (χ4v) is 3.94. The summed E-state index contributed by atoms with van der Waals surface area (Å²) in [4.78, 5) is 27.9. The van der Waals surface area contributed by atoms with Crippen LogP contribution >= 0.6 is 12.4 Å². The molecule has 2 fully saturated rings. The summed E-state index contributed by atoms with van der Waals surface area (Å²) in [5.74, 6) is 0.532. The molecule has 2 saturated heterocycles. The second kappa shape index (κ2) is 11.3. The normalized spacial score (nSPS) is 19.9. The number of ether oxygens (including phenoxy) is 1. The lowest BCUT2D eigenvalue weighted by Crippen LogP contribution is -2.33. The maximum absolute atomic E-state index is 12.8. The van der Waals surface area contributed by atoms with Gasteiger partial charge in [0.2, 0.25) is 0 Å². The zero-order chi connectivity index (χ0) is 19.1. The molecule has 0 aromatic heterocycles. The fourth-order valence-electron chi connectivity index (χ4n) is 3.94. The monoisotopic (exact) mass is 409 g/mol. The van der Waals surface area contributed by atoms with E-state index in [0.717, 1.165) is 56.3 Å². The summed E-state index contributed by atoms with van der Waals surface area (Å²) < 4.78 is 4.68. The number of nitrogens with one attached hydrogen (secondary N) is 1. The molecule has 7 heteroatoms. The van der Waals surface area contributed by atoms with Crippen LogP contribution in [0.1, 0.15) is 37.7 Å². The summed E-state index contributed by atoms with van der Waals surface area (Å²) in [5, 5.41) is 3.45. The number of carbonyl (C=O) groups is 2. The zero-order valence-electron chi connectivity index (χ0n) is 16.7. The smallest absolute Gasteiger partial charge is 0.324 e. The average molecular weight is 410 g/mol. The molecule has 2 aliphatic heterocycles. The first-order chi connectivity index (χ1) is 13.2. The summed E-state index contributed by atoms with van der Waals surface area (Å²) in [6.45, 7) is 4.63. The van der Waals surface area contributed by atoms with E-state index in [1.165, 1.54) is 26.4 Å². The van der Waals surface area contributed by atoms with Crippen molar-refractivity contribution in [2.75, 3.05) is 44.7 Å². The van der Waals surface area contributed by atoms with Gasteiger partial charge in [-0.2, -0.15) is 0 Å². The molecule has 2 heterocycles. The molecule has 2 aliphatic rings. The number of aryl methyl sites for hydroxylation is 1. The summed E-state index contributed by atoms with van der Waals surface area (Å²) in [7, 11) is 1.41. The number of amides is 2. The molecular formula is C21H32ClN3O3. The third-order valence-electron chi connectivity index (χ3n) is 5.69. The molecule has 1 atom stereocenters. The molecule has 0 aliphatic carbocycles. The van der Waals surface area contributed by atoms with Gasteiger partial charge in [0, 0.05) is 31.7 Å². The molecule has 1 aromatic rings. The van der Waals surface area contributed by atoms with Gasteiger partial charge in [0.1, 0.15) is 0 Å². The van der Waals surface area contributed by atoms with Gasteiger partial charge in [0.15, 0.2) is 0 Å². The number of methoxy groups -OCH3 is 1. The minimum absolute atomic E-state index is 0. The standard InChI is InChI=1S/C21H31N3O3.ClH/c1-27-20(25)9-6-18-4-7-19(8-5-18)24-16-15-23(21(24)26)14-11-17-3-2-12-22-13-10-17;/h4-5,7-8,17,22H,2-3,6,9-16H2,1H3;1H. The highest BCUT2D eigenvalue weighted by atomic mass is 35.5. The molecule has 1 aromatic carbocycles. The Bertz CT molecular complexity index is 630. The van der Waals surface area contributed by atoms with Crippen molar-refractivity contribution >= 4 is 30.1 Å². The molecule has 0 saturated carbocycles. The Morgan fingerprint density at radius 3 is 2.71 bits per heavy atom. The summed E-state index contributed by atoms with van der Waals surface area (Å²) >= 11 is 0. The lowest BCUT2D eigenvalue weighted by atomic mass is 9.97. The predicted octanol–water partition coefficient (Wildman–Crippen LogP) is 3.24. The topological polar surface area (TPSA) is 61.9 Å². The highest BCUT2D eigenvalue weighted by molar-refractivity contribution is 5.94. The van der Waals surface area contributed by atoms with Crippen molar-refractivity contribution in [3.63, 3.8) is 0 Å². The third kappa shape index (κ3) is 6.11. The molecular weight excluding hydrogens is 378 g/mol. The SMILES string of the molecule is COC(=O)CCc1ccc(N2CCN(CCC3CCCNCC3)C2=O)cc1.Cl. The molecule has 1 unspecified atom stereocenters. The van der Waals surface area contributed by atoms with E-state index in [9.17, 15) is 9.59 Å². The minimum Gasteiger partial charge on any atom is -0.469 e. The van der Waals surface area contributed by atoms with Crippen LogP contribution < -0.4 is 10.2 Å².